The van der Waals surface area contributed by atoms with Crippen LogP contribution in [-0.4, -0.2) is 102 Å². The molecule has 2 saturated heterocycles. The number of carbonyl (C=O) groups is 2. The fraction of sp³-hybridized carbons (Fsp3) is 0.960. The molecular weight excluding hydrogens is 745 g/mol. The van der Waals surface area contributed by atoms with E-state index < -0.39 is 0 Å². The van der Waals surface area contributed by atoms with Gasteiger partial charge in [0.2, 0.25) is 11.8 Å². The van der Waals surface area contributed by atoms with Crippen molar-refractivity contribution in [3.8, 4) is 0 Å². The van der Waals surface area contributed by atoms with Gasteiger partial charge in [-0.3, -0.25) is 9.59 Å². The third-order valence-electron chi connectivity index (χ3n) is 12.9. The first-order valence-corrected chi connectivity index (χ1v) is 26.5. The van der Waals surface area contributed by atoms with Crippen molar-refractivity contribution in [3.63, 3.8) is 0 Å². The van der Waals surface area contributed by atoms with Crippen LogP contribution in [-0.2, 0) is 9.59 Å². The monoisotopic (exact) mass is 847 g/mol. The van der Waals surface area contributed by atoms with E-state index in [-0.39, 0.29) is 17.9 Å². The number of hydrogen-bond acceptors (Lipinski definition) is 8. The summed E-state index contributed by atoms with van der Waals surface area (Å²) in [6.45, 7) is 14.2. The minimum atomic E-state index is 0.203. The standard InChI is InChI=1S/C50H102N8O2/c1-2-3-4-5-6-9-12-15-18-28-46(43-48-45-50(60)58-42-27-38-54-34-23-33-53-36-25-40-56-48)29-19-16-13-10-7-8-11-14-17-20-30-47-44-49(59)57-41-26-37-52-32-22-21-31-51-35-24-39-55-47/h46-48,51-56H,2-45H2,1H3,(H,57,59)(H,58,60). The number of amides is 2. The van der Waals surface area contributed by atoms with Crippen molar-refractivity contribution >= 4 is 11.8 Å². The molecule has 0 aromatic rings. The molecular formula is C50H102N8O2. The highest BCUT2D eigenvalue weighted by atomic mass is 16.2. The van der Waals surface area contributed by atoms with Gasteiger partial charge in [-0.1, -0.05) is 142 Å². The molecule has 2 heterocycles. The van der Waals surface area contributed by atoms with Crippen molar-refractivity contribution < 1.29 is 9.59 Å². The van der Waals surface area contributed by atoms with Crippen LogP contribution in [0.4, 0.5) is 0 Å². The molecule has 3 unspecified atom stereocenters. The summed E-state index contributed by atoms with van der Waals surface area (Å²) in [5.41, 5.74) is 0. The van der Waals surface area contributed by atoms with E-state index >= 15 is 0 Å². The molecule has 0 saturated carbocycles. The van der Waals surface area contributed by atoms with Crippen molar-refractivity contribution in [3.05, 3.63) is 0 Å². The summed E-state index contributed by atoms with van der Waals surface area (Å²) in [5, 5.41) is 28.2. The maximum Gasteiger partial charge on any atom is 0.221 e. The van der Waals surface area contributed by atoms with E-state index in [1.54, 1.807) is 0 Å². The third kappa shape index (κ3) is 36.2. The molecule has 8 N–H and O–H groups in total. The van der Waals surface area contributed by atoms with Gasteiger partial charge in [-0.2, -0.15) is 0 Å². The Balaban J connectivity index is 1.67. The van der Waals surface area contributed by atoms with Crippen LogP contribution < -0.4 is 42.5 Å². The Kier molecular flexibility index (Phi) is 39.3. The molecule has 0 aromatic heterocycles. The van der Waals surface area contributed by atoms with Gasteiger partial charge >= 0.3 is 0 Å². The van der Waals surface area contributed by atoms with E-state index in [0.29, 0.717) is 24.8 Å². The Hall–Kier alpha value is -1.30. The highest BCUT2D eigenvalue weighted by molar-refractivity contribution is 5.76. The summed E-state index contributed by atoms with van der Waals surface area (Å²) < 4.78 is 0. The first-order chi connectivity index (χ1) is 29.7. The van der Waals surface area contributed by atoms with Crippen LogP contribution in [0.1, 0.15) is 212 Å². The molecule has 2 aliphatic heterocycles. The fourth-order valence-corrected chi connectivity index (χ4v) is 9.13. The predicted molar refractivity (Wildman–Crippen MR) is 258 cm³/mol. The van der Waals surface area contributed by atoms with E-state index in [9.17, 15) is 9.59 Å². The Bertz CT molecular complexity index is 942. The second-order valence-electron chi connectivity index (χ2n) is 18.7. The number of carbonyl (C=O) groups excluding carboxylic acids is 2. The lowest BCUT2D eigenvalue weighted by Gasteiger charge is -2.25. The van der Waals surface area contributed by atoms with Crippen LogP contribution in [0.3, 0.4) is 0 Å². The fourth-order valence-electron chi connectivity index (χ4n) is 9.13. The molecule has 2 aliphatic rings. The predicted octanol–water partition coefficient (Wildman–Crippen LogP) is 8.64. The largest absolute Gasteiger partial charge is 0.356 e. The molecule has 10 heteroatoms. The maximum atomic E-state index is 13.0. The molecule has 0 bridgehead atoms. The lowest BCUT2D eigenvalue weighted by atomic mass is 9.87. The molecule has 2 fully saturated rings. The normalized spacial score (nSPS) is 21.8. The van der Waals surface area contributed by atoms with Crippen molar-refractivity contribution in [2.75, 3.05) is 78.5 Å². The first kappa shape index (κ1) is 54.8. The van der Waals surface area contributed by atoms with Gasteiger partial charge in [-0.05, 0) is 129 Å². The van der Waals surface area contributed by atoms with E-state index in [1.165, 1.54) is 148 Å². The zero-order chi connectivity index (χ0) is 42.7. The topological polar surface area (TPSA) is 130 Å². The number of unbranched alkanes of at least 4 members (excludes halogenated alkanes) is 17. The van der Waals surface area contributed by atoms with Gasteiger partial charge in [0.25, 0.3) is 0 Å². The Morgan fingerprint density at radius 1 is 0.400 bits per heavy atom. The van der Waals surface area contributed by atoms with E-state index in [4.69, 9.17) is 0 Å². The van der Waals surface area contributed by atoms with Crippen molar-refractivity contribution in [2.45, 2.75) is 224 Å². The molecule has 2 amide bonds. The summed E-state index contributed by atoms with van der Waals surface area (Å²) in [4.78, 5) is 25.7. The van der Waals surface area contributed by atoms with Gasteiger partial charge in [-0.25, -0.2) is 0 Å². The molecule has 0 aliphatic carbocycles. The molecule has 0 radical (unpaired) electrons. The lowest BCUT2D eigenvalue weighted by molar-refractivity contribution is -0.122. The van der Waals surface area contributed by atoms with Gasteiger partial charge in [0.1, 0.15) is 0 Å². The Labute approximate surface area is 371 Å². The van der Waals surface area contributed by atoms with Crippen molar-refractivity contribution in [1.29, 1.82) is 0 Å². The smallest absolute Gasteiger partial charge is 0.221 e. The Morgan fingerprint density at radius 3 is 1.22 bits per heavy atom. The van der Waals surface area contributed by atoms with Gasteiger partial charge in [0.05, 0.1) is 0 Å². The van der Waals surface area contributed by atoms with Crippen LogP contribution in [0.2, 0.25) is 0 Å². The minimum absolute atomic E-state index is 0.203. The lowest BCUT2D eigenvalue weighted by Crippen LogP contribution is -2.39. The van der Waals surface area contributed by atoms with Gasteiger partial charge in [0, 0.05) is 38.0 Å². The summed E-state index contributed by atoms with van der Waals surface area (Å²) >= 11 is 0. The highest BCUT2D eigenvalue weighted by Crippen LogP contribution is 2.25. The molecule has 0 spiro atoms. The van der Waals surface area contributed by atoms with Crippen LogP contribution in [0.15, 0.2) is 0 Å². The SMILES string of the molecule is CCCCCCCCCCCC(CCCCCCCCCCCCC1CC(=O)NCCCNCCCCNCCCN1)CC1CC(=O)NCCCNCCCNCCCN1. The second-order valence-corrected chi connectivity index (χ2v) is 18.7. The molecule has 0 aromatic carbocycles. The summed E-state index contributed by atoms with van der Waals surface area (Å²) in [6, 6.07) is 0.567. The summed E-state index contributed by atoms with van der Waals surface area (Å²) in [7, 11) is 0. The summed E-state index contributed by atoms with van der Waals surface area (Å²) in [6.07, 6.45) is 39.6. The first-order valence-electron chi connectivity index (χ1n) is 26.5. The second kappa shape index (κ2) is 43.0. The van der Waals surface area contributed by atoms with Crippen LogP contribution in [0.5, 0.6) is 0 Å². The average Bonchev–Trinajstić information content (AvgIpc) is 3.24. The molecule has 3 atom stereocenters. The van der Waals surface area contributed by atoms with Gasteiger partial charge < -0.3 is 42.5 Å². The minimum Gasteiger partial charge on any atom is -0.356 e. The van der Waals surface area contributed by atoms with Crippen LogP contribution in [0.25, 0.3) is 0 Å². The zero-order valence-electron chi connectivity index (χ0n) is 39.7. The van der Waals surface area contributed by atoms with Crippen molar-refractivity contribution in [1.82, 2.24) is 42.5 Å². The Morgan fingerprint density at radius 2 is 0.750 bits per heavy atom. The van der Waals surface area contributed by atoms with Crippen molar-refractivity contribution in [2.24, 2.45) is 5.92 Å². The number of nitrogens with one attached hydrogen (secondary N) is 8. The van der Waals surface area contributed by atoms with E-state index in [1.807, 2.05) is 0 Å². The van der Waals surface area contributed by atoms with Gasteiger partial charge in [-0.15, -0.1) is 0 Å². The highest BCUT2D eigenvalue weighted by Gasteiger charge is 2.19. The maximum absolute atomic E-state index is 13.0. The molecule has 354 valence electrons. The molecule has 60 heavy (non-hydrogen) atoms. The summed E-state index contributed by atoms with van der Waals surface area (Å²) in [5.74, 6) is 1.14. The average molecular weight is 847 g/mol. The zero-order valence-corrected chi connectivity index (χ0v) is 39.7. The number of hydrogen-bond donors (Lipinski definition) is 8. The van der Waals surface area contributed by atoms with Crippen LogP contribution >= 0.6 is 0 Å². The third-order valence-corrected chi connectivity index (χ3v) is 12.9. The molecule has 10 nitrogen and oxygen atoms in total. The van der Waals surface area contributed by atoms with E-state index in [2.05, 4.69) is 49.5 Å². The van der Waals surface area contributed by atoms with Crippen LogP contribution in [0, 0.1) is 5.92 Å². The molecule has 2 rings (SSSR count). The number of rotatable bonds is 25. The van der Waals surface area contributed by atoms with Gasteiger partial charge in [0.15, 0.2) is 0 Å². The quantitative estimate of drug-likeness (QED) is 0.0429. The van der Waals surface area contributed by atoms with E-state index in [0.717, 1.165) is 123 Å².